The zero-order valence-corrected chi connectivity index (χ0v) is 21.0. The summed E-state index contributed by atoms with van der Waals surface area (Å²) in [7, 11) is 0. The Morgan fingerprint density at radius 3 is 2.58 bits per heavy atom. The van der Waals surface area contributed by atoms with E-state index in [1.807, 2.05) is 24.2 Å². The number of esters is 1. The van der Waals surface area contributed by atoms with E-state index in [0.717, 1.165) is 47.9 Å². The van der Waals surface area contributed by atoms with Crippen LogP contribution in [-0.4, -0.2) is 46.5 Å². The smallest absolute Gasteiger partial charge is 0.338 e. The lowest BCUT2D eigenvalue weighted by molar-refractivity contribution is -0.139. The third kappa shape index (κ3) is 4.74. The number of aryl methyl sites for hydroxylation is 2. The topological polar surface area (TPSA) is 62.2 Å². The summed E-state index contributed by atoms with van der Waals surface area (Å²) in [4.78, 5) is 35.1. The minimum Gasteiger partial charge on any atom is -0.463 e. The Hall–Kier alpha value is -2.54. The maximum atomic E-state index is 13.2. The van der Waals surface area contributed by atoms with E-state index >= 15 is 0 Å². The highest BCUT2D eigenvalue weighted by atomic mass is 32.2. The SMILES string of the molecule is CCOC(=O)C1=C(C)N=C2SC=C(CC(=O)N3CCC(C)CC3)N2[C@H]1c1ccc(C)cc1C. The van der Waals surface area contributed by atoms with Crippen molar-refractivity contribution in [2.45, 2.75) is 59.9 Å². The molecule has 6 nitrogen and oxygen atoms in total. The Bertz CT molecular complexity index is 1050. The van der Waals surface area contributed by atoms with Crippen LogP contribution in [-0.2, 0) is 14.3 Å². The molecule has 0 spiro atoms. The molecule has 0 bridgehead atoms. The fourth-order valence-corrected chi connectivity index (χ4v) is 5.76. The summed E-state index contributed by atoms with van der Waals surface area (Å²) in [6, 6.07) is 5.91. The van der Waals surface area contributed by atoms with Crippen molar-refractivity contribution in [2.75, 3.05) is 19.7 Å². The average molecular weight is 468 g/mol. The van der Waals surface area contributed by atoms with Gasteiger partial charge in [-0.1, -0.05) is 42.4 Å². The molecule has 1 aromatic carbocycles. The summed E-state index contributed by atoms with van der Waals surface area (Å²) >= 11 is 1.52. The van der Waals surface area contributed by atoms with Crippen molar-refractivity contribution in [3.05, 3.63) is 57.3 Å². The number of rotatable bonds is 5. The molecule has 33 heavy (non-hydrogen) atoms. The number of nitrogens with zero attached hydrogens (tertiary/aromatic N) is 3. The molecule has 3 aliphatic rings. The molecule has 0 unspecified atom stereocenters. The molecule has 3 aliphatic heterocycles. The molecular formula is C26H33N3O3S. The van der Waals surface area contributed by atoms with Gasteiger partial charge in [0.05, 0.1) is 30.3 Å². The number of likely N-dealkylation sites (tertiary alicyclic amines) is 1. The van der Waals surface area contributed by atoms with Crippen molar-refractivity contribution in [1.29, 1.82) is 0 Å². The summed E-state index contributed by atoms with van der Waals surface area (Å²) in [6.45, 7) is 12.0. The van der Waals surface area contributed by atoms with Crippen LogP contribution in [0.15, 0.2) is 45.6 Å². The molecule has 0 radical (unpaired) electrons. The molecule has 0 N–H and O–H groups in total. The monoisotopic (exact) mass is 467 g/mol. The molecule has 1 atom stereocenters. The van der Waals surface area contributed by atoms with Gasteiger partial charge in [0, 0.05) is 18.8 Å². The first-order valence-electron chi connectivity index (χ1n) is 11.8. The Kier molecular flexibility index (Phi) is 6.98. The van der Waals surface area contributed by atoms with Gasteiger partial charge in [-0.25, -0.2) is 9.79 Å². The molecule has 0 aliphatic carbocycles. The molecule has 3 heterocycles. The number of benzene rings is 1. The lowest BCUT2D eigenvalue weighted by atomic mass is 9.90. The fraction of sp³-hybridized carbons (Fsp3) is 0.500. The Morgan fingerprint density at radius 2 is 1.91 bits per heavy atom. The molecule has 1 aromatic rings. The molecule has 1 saturated heterocycles. The van der Waals surface area contributed by atoms with Gasteiger partial charge in [-0.05, 0) is 63.0 Å². The number of carbonyl (C=O) groups is 2. The maximum absolute atomic E-state index is 13.2. The highest BCUT2D eigenvalue weighted by molar-refractivity contribution is 8.16. The second kappa shape index (κ2) is 9.75. The summed E-state index contributed by atoms with van der Waals surface area (Å²) in [6.07, 6.45) is 2.41. The van der Waals surface area contributed by atoms with Gasteiger partial charge < -0.3 is 14.5 Å². The quantitative estimate of drug-likeness (QED) is 0.565. The van der Waals surface area contributed by atoms with Gasteiger partial charge in [-0.3, -0.25) is 4.79 Å². The van der Waals surface area contributed by atoms with Crippen LogP contribution in [0.1, 0.15) is 62.8 Å². The normalized spacial score (nSPS) is 21.1. The molecule has 1 fully saturated rings. The van der Waals surface area contributed by atoms with Gasteiger partial charge in [0.25, 0.3) is 0 Å². The van der Waals surface area contributed by atoms with Crippen molar-refractivity contribution in [3.63, 3.8) is 0 Å². The Balaban J connectivity index is 1.69. The third-order valence-corrected chi connectivity index (χ3v) is 7.57. The van der Waals surface area contributed by atoms with Gasteiger partial charge in [-0.15, -0.1) is 0 Å². The number of aliphatic imine (C=N–C) groups is 1. The van der Waals surface area contributed by atoms with E-state index < -0.39 is 0 Å². The summed E-state index contributed by atoms with van der Waals surface area (Å²) in [5, 5.41) is 2.82. The van der Waals surface area contributed by atoms with Gasteiger partial charge in [0.2, 0.25) is 5.91 Å². The minimum absolute atomic E-state index is 0.137. The number of thioether (sulfide) groups is 1. The van der Waals surface area contributed by atoms with Crippen LogP contribution < -0.4 is 0 Å². The number of fused-ring (bicyclic) bond motifs is 1. The van der Waals surface area contributed by atoms with Gasteiger partial charge in [0.1, 0.15) is 0 Å². The second-order valence-electron chi connectivity index (χ2n) is 9.21. The van der Waals surface area contributed by atoms with Crippen molar-refractivity contribution in [1.82, 2.24) is 9.80 Å². The molecule has 4 rings (SSSR count). The number of amidine groups is 1. The van der Waals surface area contributed by atoms with E-state index in [2.05, 4.69) is 43.9 Å². The van der Waals surface area contributed by atoms with Crippen LogP contribution in [0, 0.1) is 19.8 Å². The van der Waals surface area contributed by atoms with E-state index in [-0.39, 0.29) is 17.9 Å². The number of hydrogen-bond acceptors (Lipinski definition) is 6. The predicted molar refractivity (Wildman–Crippen MR) is 133 cm³/mol. The molecule has 0 aromatic heterocycles. The first-order chi connectivity index (χ1) is 15.8. The number of allylic oxidation sites excluding steroid dienone is 1. The summed E-state index contributed by atoms with van der Waals surface area (Å²) < 4.78 is 5.44. The lowest BCUT2D eigenvalue weighted by Gasteiger charge is -2.37. The standard InChI is InChI=1S/C26H33N3O3S/c1-6-32-25(31)23-19(5)27-26-29(24(23)21-8-7-17(3)13-18(21)4)20(15-33-26)14-22(30)28-11-9-16(2)10-12-28/h7-8,13,15-16,24H,6,9-12,14H2,1-5H3/t24-/m0/s1. The highest BCUT2D eigenvalue weighted by Crippen LogP contribution is 2.45. The van der Waals surface area contributed by atoms with E-state index in [9.17, 15) is 9.59 Å². The third-order valence-electron chi connectivity index (χ3n) is 6.68. The number of hydrogen-bond donors (Lipinski definition) is 0. The van der Waals surface area contributed by atoms with Gasteiger partial charge in [-0.2, -0.15) is 0 Å². The molecular weight excluding hydrogens is 434 g/mol. The van der Waals surface area contributed by atoms with Crippen LogP contribution in [0.5, 0.6) is 0 Å². The second-order valence-corrected chi connectivity index (χ2v) is 10.1. The first kappa shape index (κ1) is 23.6. The number of ether oxygens (including phenoxy) is 1. The van der Waals surface area contributed by atoms with Gasteiger partial charge >= 0.3 is 5.97 Å². The summed E-state index contributed by atoms with van der Waals surface area (Å²) in [5.41, 5.74) is 5.40. The van der Waals surface area contributed by atoms with Crippen LogP contribution in [0.2, 0.25) is 0 Å². The Morgan fingerprint density at radius 1 is 1.18 bits per heavy atom. The van der Waals surface area contributed by atoms with Crippen molar-refractivity contribution in [2.24, 2.45) is 10.9 Å². The van der Waals surface area contributed by atoms with Crippen molar-refractivity contribution >= 4 is 28.8 Å². The zero-order chi connectivity index (χ0) is 23.7. The van der Waals surface area contributed by atoms with Crippen LogP contribution in [0.25, 0.3) is 0 Å². The largest absolute Gasteiger partial charge is 0.463 e. The fourth-order valence-electron chi connectivity index (χ4n) is 4.79. The number of piperidine rings is 1. The first-order valence-corrected chi connectivity index (χ1v) is 12.6. The predicted octanol–water partition coefficient (Wildman–Crippen LogP) is 5.09. The lowest BCUT2D eigenvalue weighted by Crippen LogP contribution is -2.41. The van der Waals surface area contributed by atoms with Crippen LogP contribution in [0.3, 0.4) is 0 Å². The Labute approximate surface area is 200 Å². The van der Waals surface area contributed by atoms with E-state index in [4.69, 9.17) is 9.73 Å². The van der Waals surface area contributed by atoms with Crippen LogP contribution >= 0.6 is 11.8 Å². The average Bonchev–Trinajstić information content (AvgIpc) is 3.15. The van der Waals surface area contributed by atoms with E-state index in [1.165, 1.54) is 17.3 Å². The van der Waals surface area contributed by atoms with Crippen molar-refractivity contribution in [3.8, 4) is 0 Å². The summed E-state index contributed by atoms with van der Waals surface area (Å²) in [5.74, 6) is 0.457. The van der Waals surface area contributed by atoms with E-state index in [1.54, 1.807) is 0 Å². The molecule has 176 valence electrons. The number of amides is 1. The van der Waals surface area contributed by atoms with Gasteiger partial charge in [0.15, 0.2) is 5.17 Å². The minimum atomic E-state index is -0.368. The zero-order valence-electron chi connectivity index (χ0n) is 20.2. The van der Waals surface area contributed by atoms with Crippen LogP contribution in [0.4, 0.5) is 0 Å². The number of carbonyl (C=O) groups excluding carboxylic acids is 2. The molecule has 7 heteroatoms. The maximum Gasteiger partial charge on any atom is 0.338 e. The van der Waals surface area contributed by atoms with E-state index in [0.29, 0.717) is 30.2 Å². The molecule has 0 saturated carbocycles. The highest BCUT2D eigenvalue weighted by Gasteiger charge is 2.42. The molecule has 1 amide bonds. The van der Waals surface area contributed by atoms with Crippen molar-refractivity contribution < 1.29 is 14.3 Å².